The number of carbonyl (C=O) groups excluding carboxylic acids is 1. The van der Waals surface area contributed by atoms with Crippen molar-refractivity contribution < 1.29 is 4.79 Å². The molecule has 0 bridgehead atoms. The minimum Gasteiger partial charge on any atom is -0.371 e. The number of carbonyl (C=O) groups is 1. The van der Waals surface area contributed by atoms with Gasteiger partial charge in [-0.1, -0.05) is 43.7 Å². The normalized spacial score (nSPS) is 10.3. The van der Waals surface area contributed by atoms with Crippen LogP contribution in [0, 0.1) is 0 Å². The second kappa shape index (κ2) is 8.25. The molecule has 21 heavy (non-hydrogen) atoms. The largest absolute Gasteiger partial charge is 0.371 e. The molecular formula is C19H23NO. The summed E-state index contributed by atoms with van der Waals surface area (Å²) in [4.78, 5) is 13.2. The molecule has 0 N–H and O–H groups in total. The standard InChI is InChI=1S/C19H23NO/c1-2-3-14-20(15-13-17-7-5-4-6-8-17)19-11-9-18(16-21)10-12-19/h4-12,16H,2-3,13-15H2,1H3. The van der Waals surface area contributed by atoms with E-state index in [9.17, 15) is 4.79 Å². The fourth-order valence-electron chi connectivity index (χ4n) is 2.39. The Balaban J connectivity index is 2.04. The highest BCUT2D eigenvalue weighted by Gasteiger charge is 2.06. The molecule has 0 saturated carbocycles. The summed E-state index contributed by atoms with van der Waals surface area (Å²) < 4.78 is 0. The summed E-state index contributed by atoms with van der Waals surface area (Å²) in [6.45, 7) is 4.28. The molecule has 110 valence electrons. The zero-order valence-corrected chi connectivity index (χ0v) is 12.7. The van der Waals surface area contributed by atoms with Crippen molar-refractivity contribution >= 4 is 12.0 Å². The van der Waals surface area contributed by atoms with Crippen molar-refractivity contribution in [1.82, 2.24) is 0 Å². The molecule has 0 fully saturated rings. The lowest BCUT2D eigenvalue weighted by atomic mass is 10.1. The second-order valence-corrected chi connectivity index (χ2v) is 5.29. The molecule has 0 aliphatic carbocycles. The highest BCUT2D eigenvalue weighted by atomic mass is 16.1. The second-order valence-electron chi connectivity index (χ2n) is 5.29. The van der Waals surface area contributed by atoms with Crippen molar-refractivity contribution in [3.63, 3.8) is 0 Å². The molecule has 2 aromatic carbocycles. The summed E-state index contributed by atoms with van der Waals surface area (Å²) in [6.07, 6.45) is 4.31. The molecule has 2 rings (SSSR count). The predicted octanol–water partition coefficient (Wildman–Crippen LogP) is 4.35. The number of unbranched alkanes of at least 4 members (excludes halogenated alkanes) is 1. The van der Waals surface area contributed by atoms with E-state index < -0.39 is 0 Å². The molecule has 0 atom stereocenters. The van der Waals surface area contributed by atoms with E-state index >= 15 is 0 Å². The summed E-state index contributed by atoms with van der Waals surface area (Å²) in [5.41, 5.74) is 3.30. The lowest BCUT2D eigenvalue weighted by molar-refractivity contribution is 0.112. The van der Waals surface area contributed by atoms with Crippen LogP contribution in [0.15, 0.2) is 54.6 Å². The minimum absolute atomic E-state index is 0.734. The van der Waals surface area contributed by atoms with E-state index in [1.54, 1.807) is 0 Å². The van der Waals surface area contributed by atoms with Gasteiger partial charge >= 0.3 is 0 Å². The fraction of sp³-hybridized carbons (Fsp3) is 0.316. The van der Waals surface area contributed by atoms with Gasteiger partial charge in [0.05, 0.1) is 0 Å². The van der Waals surface area contributed by atoms with Crippen molar-refractivity contribution in [2.24, 2.45) is 0 Å². The Morgan fingerprint density at radius 3 is 2.29 bits per heavy atom. The van der Waals surface area contributed by atoms with Gasteiger partial charge in [0.25, 0.3) is 0 Å². The van der Waals surface area contributed by atoms with Crippen molar-refractivity contribution in [3.8, 4) is 0 Å². The van der Waals surface area contributed by atoms with Crippen LogP contribution in [-0.2, 0) is 6.42 Å². The monoisotopic (exact) mass is 281 g/mol. The molecule has 0 unspecified atom stereocenters. The van der Waals surface area contributed by atoms with E-state index in [2.05, 4.69) is 42.2 Å². The zero-order valence-electron chi connectivity index (χ0n) is 12.7. The van der Waals surface area contributed by atoms with E-state index in [0.29, 0.717) is 0 Å². The molecule has 0 heterocycles. The molecule has 0 amide bonds. The third-order valence-electron chi connectivity index (χ3n) is 3.69. The van der Waals surface area contributed by atoms with Gasteiger partial charge < -0.3 is 4.90 Å². The Kier molecular flexibility index (Phi) is 6.01. The van der Waals surface area contributed by atoms with Gasteiger partial charge in [0.1, 0.15) is 6.29 Å². The Morgan fingerprint density at radius 2 is 1.67 bits per heavy atom. The zero-order chi connectivity index (χ0) is 14.9. The lowest BCUT2D eigenvalue weighted by Gasteiger charge is -2.25. The van der Waals surface area contributed by atoms with Crippen LogP contribution in [0.2, 0.25) is 0 Å². The van der Waals surface area contributed by atoms with Crippen molar-refractivity contribution in [3.05, 3.63) is 65.7 Å². The van der Waals surface area contributed by atoms with Crippen LogP contribution in [0.3, 0.4) is 0 Å². The fourth-order valence-corrected chi connectivity index (χ4v) is 2.39. The summed E-state index contributed by atoms with van der Waals surface area (Å²) in [6, 6.07) is 18.5. The summed E-state index contributed by atoms with van der Waals surface area (Å²) in [5, 5.41) is 0. The first kappa shape index (κ1) is 15.3. The summed E-state index contributed by atoms with van der Waals surface area (Å²) in [7, 11) is 0. The third-order valence-corrected chi connectivity index (χ3v) is 3.69. The average Bonchev–Trinajstić information content (AvgIpc) is 2.56. The van der Waals surface area contributed by atoms with Crippen molar-refractivity contribution in [1.29, 1.82) is 0 Å². The maximum atomic E-state index is 10.8. The van der Waals surface area contributed by atoms with Gasteiger partial charge in [-0.2, -0.15) is 0 Å². The number of rotatable bonds is 8. The number of hydrogen-bond donors (Lipinski definition) is 0. The molecular weight excluding hydrogens is 258 g/mol. The Morgan fingerprint density at radius 1 is 0.952 bits per heavy atom. The molecule has 0 aliphatic rings. The van der Waals surface area contributed by atoms with Crippen LogP contribution < -0.4 is 4.90 Å². The molecule has 0 saturated heterocycles. The van der Waals surface area contributed by atoms with Crippen molar-refractivity contribution in [2.45, 2.75) is 26.2 Å². The number of nitrogens with zero attached hydrogens (tertiary/aromatic N) is 1. The first-order valence-electron chi connectivity index (χ1n) is 7.67. The van der Waals surface area contributed by atoms with Crippen molar-refractivity contribution in [2.75, 3.05) is 18.0 Å². The molecule has 0 radical (unpaired) electrons. The van der Waals surface area contributed by atoms with Crippen LogP contribution in [0.5, 0.6) is 0 Å². The SMILES string of the molecule is CCCCN(CCc1ccccc1)c1ccc(C=O)cc1. The highest BCUT2D eigenvalue weighted by molar-refractivity contribution is 5.75. The average molecular weight is 281 g/mol. The highest BCUT2D eigenvalue weighted by Crippen LogP contribution is 2.16. The first-order valence-corrected chi connectivity index (χ1v) is 7.67. The van der Waals surface area contributed by atoms with Gasteiger partial charge in [-0.15, -0.1) is 0 Å². The quantitative estimate of drug-likeness (QED) is 0.670. The van der Waals surface area contributed by atoms with E-state index in [0.717, 1.165) is 31.4 Å². The number of benzene rings is 2. The Labute approximate surface area is 127 Å². The first-order chi connectivity index (χ1) is 10.3. The maximum absolute atomic E-state index is 10.8. The minimum atomic E-state index is 0.734. The number of anilines is 1. The topological polar surface area (TPSA) is 20.3 Å². The smallest absolute Gasteiger partial charge is 0.150 e. The van der Waals surface area contributed by atoms with Crippen LogP contribution in [0.25, 0.3) is 0 Å². The van der Waals surface area contributed by atoms with Crippen LogP contribution in [-0.4, -0.2) is 19.4 Å². The number of hydrogen-bond acceptors (Lipinski definition) is 2. The molecule has 2 aromatic rings. The van der Waals surface area contributed by atoms with Crippen LogP contribution in [0.4, 0.5) is 5.69 Å². The van der Waals surface area contributed by atoms with Gasteiger partial charge in [0.15, 0.2) is 0 Å². The molecule has 0 aromatic heterocycles. The molecule has 2 heteroatoms. The molecule has 0 spiro atoms. The van der Waals surface area contributed by atoms with Gasteiger partial charge in [-0.05, 0) is 42.7 Å². The van der Waals surface area contributed by atoms with Gasteiger partial charge in [0.2, 0.25) is 0 Å². The summed E-state index contributed by atoms with van der Waals surface area (Å²) >= 11 is 0. The molecule has 2 nitrogen and oxygen atoms in total. The van der Waals surface area contributed by atoms with E-state index in [-0.39, 0.29) is 0 Å². The van der Waals surface area contributed by atoms with E-state index in [1.807, 2.05) is 24.3 Å². The number of aldehydes is 1. The van der Waals surface area contributed by atoms with Crippen LogP contribution >= 0.6 is 0 Å². The van der Waals surface area contributed by atoms with Crippen LogP contribution in [0.1, 0.15) is 35.7 Å². The summed E-state index contributed by atoms with van der Waals surface area (Å²) in [5.74, 6) is 0. The van der Waals surface area contributed by atoms with Gasteiger partial charge in [-0.25, -0.2) is 0 Å². The third kappa shape index (κ3) is 4.75. The Bertz CT molecular complexity index is 533. The Hall–Kier alpha value is -2.09. The van der Waals surface area contributed by atoms with Gasteiger partial charge in [0, 0.05) is 24.3 Å². The molecule has 0 aliphatic heterocycles. The van der Waals surface area contributed by atoms with Gasteiger partial charge in [-0.3, -0.25) is 4.79 Å². The van der Waals surface area contributed by atoms with E-state index in [1.165, 1.54) is 24.1 Å². The maximum Gasteiger partial charge on any atom is 0.150 e. The lowest BCUT2D eigenvalue weighted by Crippen LogP contribution is -2.26. The predicted molar refractivity (Wildman–Crippen MR) is 89.1 cm³/mol. The van der Waals surface area contributed by atoms with E-state index in [4.69, 9.17) is 0 Å².